The van der Waals surface area contributed by atoms with E-state index in [1.807, 2.05) is 6.08 Å². The van der Waals surface area contributed by atoms with Crippen molar-refractivity contribution >= 4 is 17.9 Å². The van der Waals surface area contributed by atoms with Crippen LogP contribution < -0.4 is 0 Å². The summed E-state index contributed by atoms with van der Waals surface area (Å²) in [5.74, 6) is -1.03. The summed E-state index contributed by atoms with van der Waals surface area (Å²) in [6, 6.07) is 0. The molecular formula is C73H124O6. The third kappa shape index (κ3) is 64.8. The third-order valence-electron chi connectivity index (χ3n) is 14.3. The van der Waals surface area contributed by atoms with Crippen LogP contribution in [-0.2, 0) is 28.6 Å². The zero-order valence-electron chi connectivity index (χ0n) is 51.9. The summed E-state index contributed by atoms with van der Waals surface area (Å²) in [6.45, 7) is 6.36. The van der Waals surface area contributed by atoms with Gasteiger partial charge >= 0.3 is 17.9 Å². The van der Waals surface area contributed by atoms with Crippen molar-refractivity contribution in [2.45, 2.75) is 322 Å². The summed E-state index contributed by atoms with van der Waals surface area (Å²) in [6.07, 6.45) is 91.3. The van der Waals surface area contributed by atoms with Gasteiger partial charge in [-0.25, -0.2) is 0 Å². The van der Waals surface area contributed by atoms with Gasteiger partial charge in [-0.2, -0.15) is 0 Å². The first-order valence-electron chi connectivity index (χ1n) is 33.4. The van der Waals surface area contributed by atoms with Crippen molar-refractivity contribution in [1.29, 1.82) is 0 Å². The molecule has 0 aliphatic carbocycles. The highest BCUT2D eigenvalue weighted by Gasteiger charge is 2.19. The second-order valence-electron chi connectivity index (χ2n) is 22.0. The Kier molecular flexibility index (Phi) is 63.3. The molecule has 0 aliphatic heterocycles. The minimum atomic E-state index is -0.818. The quantitative estimate of drug-likeness (QED) is 0.0261. The average Bonchev–Trinajstić information content (AvgIpc) is 3.45. The van der Waals surface area contributed by atoms with Gasteiger partial charge in [-0.05, 0) is 83.5 Å². The van der Waals surface area contributed by atoms with Crippen molar-refractivity contribution in [3.63, 3.8) is 0 Å². The summed E-state index contributed by atoms with van der Waals surface area (Å²) in [4.78, 5) is 38.3. The zero-order valence-corrected chi connectivity index (χ0v) is 51.9. The molecule has 0 fully saturated rings. The topological polar surface area (TPSA) is 78.9 Å². The molecule has 0 aliphatic rings. The second-order valence-corrected chi connectivity index (χ2v) is 22.0. The Balaban J connectivity index is 4.35. The van der Waals surface area contributed by atoms with Crippen molar-refractivity contribution in [3.8, 4) is 0 Å². The monoisotopic (exact) mass is 1100 g/mol. The highest BCUT2D eigenvalue weighted by molar-refractivity contribution is 5.72. The lowest BCUT2D eigenvalue weighted by Crippen LogP contribution is -2.30. The molecule has 6 nitrogen and oxygen atoms in total. The Labute approximate surface area is 489 Å². The van der Waals surface area contributed by atoms with E-state index in [4.69, 9.17) is 14.2 Å². The van der Waals surface area contributed by atoms with E-state index in [2.05, 4.69) is 118 Å². The molecule has 6 heteroatoms. The van der Waals surface area contributed by atoms with Crippen molar-refractivity contribution in [3.05, 3.63) is 109 Å². The summed E-state index contributed by atoms with van der Waals surface area (Å²) in [5.41, 5.74) is 0. The molecule has 0 saturated heterocycles. The van der Waals surface area contributed by atoms with Crippen LogP contribution in [0, 0.1) is 0 Å². The van der Waals surface area contributed by atoms with E-state index >= 15 is 0 Å². The lowest BCUT2D eigenvalue weighted by Gasteiger charge is -2.18. The van der Waals surface area contributed by atoms with Gasteiger partial charge in [0.25, 0.3) is 0 Å². The Bertz CT molecular complexity index is 1590. The summed E-state index contributed by atoms with van der Waals surface area (Å²) < 4.78 is 16.8. The van der Waals surface area contributed by atoms with Gasteiger partial charge in [-0.15, -0.1) is 0 Å². The van der Waals surface area contributed by atoms with Crippen LogP contribution in [0.15, 0.2) is 109 Å². The molecule has 0 spiro atoms. The molecule has 0 N–H and O–H groups in total. The SMILES string of the molecule is CC/C=C\C/C=C\C/C=C\C/C=C\C/C=C\CC(=O)OCC(COC(=O)CCCCCCCCCCCCCCCC/C=C\C/C=C\C/C=C\C/C=C\CC)OC(=O)CCCCCCCCCCCCCCCCCCCCC. The van der Waals surface area contributed by atoms with Crippen molar-refractivity contribution in [2.24, 2.45) is 0 Å². The van der Waals surface area contributed by atoms with Gasteiger partial charge in [0.05, 0.1) is 6.42 Å². The van der Waals surface area contributed by atoms with Crippen LogP contribution in [0.4, 0.5) is 0 Å². The molecule has 0 aromatic carbocycles. The van der Waals surface area contributed by atoms with Crippen LogP contribution in [0.2, 0.25) is 0 Å². The highest BCUT2D eigenvalue weighted by atomic mass is 16.6. The number of allylic oxidation sites excluding steroid dienone is 17. The number of esters is 3. The molecule has 0 saturated carbocycles. The van der Waals surface area contributed by atoms with E-state index < -0.39 is 12.1 Å². The molecule has 0 bridgehead atoms. The summed E-state index contributed by atoms with van der Waals surface area (Å²) in [7, 11) is 0. The van der Waals surface area contributed by atoms with Crippen LogP contribution in [0.1, 0.15) is 316 Å². The minimum Gasteiger partial charge on any atom is -0.462 e. The highest BCUT2D eigenvalue weighted by Crippen LogP contribution is 2.17. The maximum absolute atomic E-state index is 12.9. The largest absolute Gasteiger partial charge is 0.462 e. The third-order valence-corrected chi connectivity index (χ3v) is 14.3. The first-order valence-corrected chi connectivity index (χ1v) is 33.4. The Morgan fingerprint density at radius 3 is 0.886 bits per heavy atom. The van der Waals surface area contributed by atoms with Gasteiger partial charge in [0, 0.05) is 12.8 Å². The molecule has 0 heterocycles. The average molecular weight is 1100 g/mol. The van der Waals surface area contributed by atoms with Crippen LogP contribution in [0.25, 0.3) is 0 Å². The molecule has 0 aromatic heterocycles. The van der Waals surface area contributed by atoms with Gasteiger partial charge in [0.1, 0.15) is 13.2 Å². The fourth-order valence-corrected chi connectivity index (χ4v) is 9.39. The summed E-state index contributed by atoms with van der Waals surface area (Å²) in [5, 5.41) is 0. The first-order chi connectivity index (χ1) is 39.0. The Hall–Kier alpha value is -3.93. The molecular weight excluding hydrogens is 973 g/mol. The number of hydrogen-bond donors (Lipinski definition) is 0. The lowest BCUT2D eigenvalue weighted by molar-refractivity contribution is -0.166. The van der Waals surface area contributed by atoms with Gasteiger partial charge < -0.3 is 14.2 Å². The number of rotatable bonds is 60. The van der Waals surface area contributed by atoms with Crippen LogP contribution in [0.3, 0.4) is 0 Å². The second kappa shape index (κ2) is 66.6. The van der Waals surface area contributed by atoms with E-state index in [0.717, 1.165) is 96.3 Å². The molecule has 1 atom stereocenters. The van der Waals surface area contributed by atoms with Crippen LogP contribution in [0.5, 0.6) is 0 Å². The lowest BCUT2D eigenvalue weighted by atomic mass is 10.0. The maximum atomic E-state index is 12.9. The number of carbonyl (C=O) groups excluding carboxylic acids is 3. The van der Waals surface area contributed by atoms with Crippen molar-refractivity contribution in [1.82, 2.24) is 0 Å². The predicted molar refractivity (Wildman–Crippen MR) is 343 cm³/mol. The Morgan fingerprint density at radius 2 is 0.544 bits per heavy atom. The first kappa shape index (κ1) is 75.1. The summed E-state index contributed by atoms with van der Waals surface area (Å²) >= 11 is 0. The van der Waals surface area contributed by atoms with Crippen LogP contribution >= 0.6 is 0 Å². The number of ether oxygens (including phenoxy) is 3. The fourth-order valence-electron chi connectivity index (χ4n) is 9.39. The minimum absolute atomic E-state index is 0.106. The molecule has 0 amide bonds. The number of hydrogen-bond acceptors (Lipinski definition) is 6. The van der Waals surface area contributed by atoms with Crippen molar-refractivity contribution < 1.29 is 28.6 Å². The molecule has 1 unspecified atom stereocenters. The van der Waals surface area contributed by atoms with Gasteiger partial charge in [0.2, 0.25) is 0 Å². The molecule has 0 aromatic rings. The maximum Gasteiger partial charge on any atom is 0.309 e. The van der Waals surface area contributed by atoms with E-state index in [1.165, 1.54) is 180 Å². The normalized spacial score (nSPS) is 12.8. The predicted octanol–water partition coefficient (Wildman–Crippen LogP) is 23.0. The Morgan fingerprint density at radius 1 is 0.278 bits per heavy atom. The number of unbranched alkanes of at least 4 members (excludes halogenated alkanes) is 32. The van der Waals surface area contributed by atoms with Gasteiger partial charge in [0.15, 0.2) is 6.10 Å². The standard InChI is InChI=1S/C73H124O6/c1-4-7-10-13-16-19-22-25-28-30-32-33-34-35-36-37-38-39-41-42-45-48-51-54-57-60-63-66-72(75)78-69-70(68-77-71(74)65-62-59-56-53-50-47-44-27-24-21-18-15-12-9-6-3)79-73(76)67-64-61-58-55-52-49-46-43-40-31-29-26-23-20-17-14-11-8-5-2/h7,9-10,12,16,18-19,21,25,27-28,32-33,44,50,53,59,62,70H,4-6,8,11,13-15,17,20,22-24,26,29-31,34-43,45-49,51-52,54-58,60-61,63-69H2,1-3H3/b10-7-,12-9-,19-16-,21-18-,28-25-,33-32-,44-27-,53-50-,62-59-. The zero-order chi connectivity index (χ0) is 57.1. The fraction of sp³-hybridized carbons (Fsp3) is 0.712. The van der Waals surface area contributed by atoms with E-state index in [1.54, 1.807) is 6.08 Å². The van der Waals surface area contributed by atoms with E-state index in [9.17, 15) is 14.4 Å². The van der Waals surface area contributed by atoms with Crippen LogP contribution in [-0.4, -0.2) is 37.2 Å². The van der Waals surface area contributed by atoms with Gasteiger partial charge in [-0.3, -0.25) is 14.4 Å². The number of carbonyl (C=O) groups is 3. The smallest absolute Gasteiger partial charge is 0.309 e. The van der Waals surface area contributed by atoms with E-state index in [-0.39, 0.29) is 31.6 Å². The van der Waals surface area contributed by atoms with Crippen molar-refractivity contribution in [2.75, 3.05) is 13.2 Å². The molecule has 452 valence electrons. The van der Waals surface area contributed by atoms with E-state index in [0.29, 0.717) is 12.8 Å². The molecule has 0 radical (unpaired) electrons. The van der Waals surface area contributed by atoms with Gasteiger partial charge in [-0.1, -0.05) is 323 Å². The molecule has 79 heavy (non-hydrogen) atoms. The molecule has 0 rings (SSSR count).